The number of methoxy groups -OCH3 is 1. The summed E-state index contributed by atoms with van der Waals surface area (Å²) in [6.45, 7) is 10.3. The van der Waals surface area contributed by atoms with Crippen LogP contribution in [0.3, 0.4) is 0 Å². The third-order valence-corrected chi connectivity index (χ3v) is 4.36. The second-order valence-corrected chi connectivity index (χ2v) is 6.68. The number of carbonyl (C=O) groups excluding carboxylic acids is 1. The zero-order chi connectivity index (χ0) is 20.0. The minimum Gasteiger partial charge on any atom is -0.497 e. The maximum absolute atomic E-state index is 12.7. The molecule has 0 unspecified atom stereocenters. The summed E-state index contributed by atoms with van der Waals surface area (Å²) in [5.74, 6) is 1.07. The molecule has 0 spiro atoms. The number of hydrogen-bond acceptors (Lipinski definition) is 4. The van der Waals surface area contributed by atoms with Gasteiger partial charge in [0.25, 0.3) is 5.91 Å². The van der Waals surface area contributed by atoms with Crippen molar-refractivity contribution in [1.29, 1.82) is 0 Å². The van der Waals surface area contributed by atoms with Gasteiger partial charge in [0.2, 0.25) is 0 Å². The second kappa shape index (κ2) is 9.21. The SMILES string of the molecule is C=C(C)CN(CC)C(=O)c1c(C)cc(CCc2ccc(OC)cc2)oc1=O. The Hall–Kier alpha value is -2.82. The average molecular weight is 369 g/mol. The van der Waals surface area contributed by atoms with Crippen molar-refractivity contribution in [1.82, 2.24) is 4.90 Å². The standard InChI is InChI=1S/C22H27NO4/c1-6-23(14-15(2)3)21(24)20-16(4)13-19(27-22(20)25)12-9-17-7-10-18(26-5)11-8-17/h7-8,10-11,13H,2,6,9,12,14H2,1,3-5H3. The van der Waals surface area contributed by atoms with Crippen molar-refractivity contribution in [2.75, 3.05) is 20.2 Å². The van der Waals surface area contributed by atoms with Gasteiger partial charge in [-0.25, -0.2) is 4.79 Å². The van der Waals surface area contributed by atoms with Gasteiger partial charge in [-0.1, -0.05) is 24.3 Å². The Morgan fingerprint density at radius 3 is 2.41 bits per heavy atom. The molecule has 0 fully saturated rings. The third-order valence-electron chi connectivity index (χ3n) is 4.36. The smallest absolute Gasteiger partial charge is 0.349 e. The molecule has 5 heteroatoms. The maximum Gasteiger partial charge on any atom is 0.349 e. The van der Waals surface area contributed by atoms with E-state index >= 15 is 0 Å². The molecular formula is C22H27NO4. The van der Waals surface area contributed by atoms with Crippen LogP contribution in [0.2, 0.25) is 0 Å². The minimum atomic E-state index is -0.579. The molecule has 2 aromatic rings. The summed E-state index contributed by atoms with van der Waals surface area (Å²) < 4.78 is 10.6. The van der Waals surface area contributed by atoms with E-state index in [9.17, 15) is 9.59 Å². The largest absolute Gasteiger partial charge is 0.497 e. The van der Waals surface area contributed by atoms with Gasteiger partial charge in [-0.15, -0.1) is 0 Å². The lowest BCUT2D eigenvalue weighted by atomic mass is 10.1. The van der Waals surface area contributed by atoms with E-state index in [4.69, 9.17) is 9.15 Å². The summed E-state index contributed by atoms with van der Waals surface area (Å²) in [4.78, 5) is 26.8. The van der Waals surface area contributed by atoms with Gasteiger partial charge in [0.1, 0.15) is 17.1 Å². The van der Waals surface area contributed by atoms with E-state index in [2.05, 4.69) is 6.58 Å². The zero-order valence-corrected chi connectivity index (χ0v) is 16.5. The third kappa shape index (κ3) is 5.33. The Bertz CT molecular complexity index is 865. The molecule has 0 radical (unpaired) electrons. The highest BCUT2D eigenvalue weighted by Crippen LogP contribution is 2.15. The van der Waals surface area contributed by atoms with Crippen LogP contribution in [0.15, 0.2) is 51.7 Å². The molecule has 5 nitrogen and oxygen atoms in total. The first-order chi connectivity index (χ1) is 12.8. The van der Waals surface area contributed by atoms with E-state index in [0.29, 0.717) is 30.8 Å². The van der Waals surface area contributed by atoms with Crippen molar-refractivity contribution in [3.8, 4) is 5.75 Å². The Labute approximate surface area is 160 Å². The lowest BCUT2D eigenvalue weighted by Crippen LogP contribution is -2.35. The van der Waals surface area contributed by atoms with Gasteiger partial charge in [-0.2, -0.15) is 0 Å². The molecule has 0 N–H and O–H groups in total. The molecule has 27 heavy (non-hydrogen) atoms. The number of aryl methyl sites for hydroxylation is 3. The van der Waals surface area contributed by atoms with Crippen molar-refractivity contribution in [3.63, 3.8) is 0 Å². The van der Waals surface area contributed by atoms with Gasteiger partial charge < -0.3 is 14.1 Å². The van der Waals surface area contributed by atoms with E-state index in [-0.39, 0.29) is 11.5 Å². The fraction of sp³-hybridized carbons (Fsp3) is 0.364. The molecule has 1 aromatic heterocycles. The molecule has 0 aliphatic carbocycles. The van der Waals surface area contributed by atoms with Crippen molar-refractivity contribution in [2.45, 2.75) is 33.6 Å². The Morgan fingerprint density at radius 1 is 1.22 bits per heavy atom. The fourth-order valence-corrected chi connectivity index (χ4v) is 2.92. The summed E-state index contributed by atoms with van der Waals surface area (Å²) in [6.07, 6.45) is 1.32. The highest BCUT2D eigenvalue weighted by Gasteiger charge is 2.21. The van der Waals surface area contributed by atoms with E-state index in [1.54, 1.807) is 25.0 Å². The minimum absolute atomic E-state index is 0.103. The molecular weight excluding hydrogens is 342 g/mol. The number of hydrogen-bond donors (Lipinski definition) is 0. The predicted molar refractivity (Wildman–Crippen MR) is 107 cm³/mol. The highest BCUT2D eigenvalue weighted by molar-refractivity contribution is 5.95. The first-order valence-corrected chi connectivity index (χ1v) is 9.05. The molecule has 0 aliphatic rings. The molecule has 144 valence electrons. The lowest BCUT2D eigenvalue weighted by Gasteiger charge is -2.21. The lowest BCUT2D eigenvalue weighted by molar-refractivity contribution is 0.0772. The van der Waals surface area contributed by atoms with Crippen LogP contribution < -0.4 is 10.4 Å². The number of carbonyl (C=O) groups is 1. The van der Waals surface area contributed by atoms with Crippen molar-refractivity contribution < 1.29 is 13.9 Å². The molecule has 0 bridgehead atoms. The molecule has 0 atom stereocenters. The van der Waals surface area contributed by atoms with Crippen molar-refractivity contribution in [2.24, 2.45) is 0 Å². The van der Waals surface area contributed by atoms with E-state index in [0.717, 1.165) is 23.3 Å². The topological polar surface area (TPSA) is 59.8 Å². The Kier molecular flexibility index (Phi) is 6.99. The second-order valence-electron chi connectivity index (χ2n) is 6.68. The molecule has 0 saturated carbocycles. The van der Waals surface area contributed by atoms with Crippen LogP contribution in [-0.2, 0) is 12.8 Å². The van der Waals surface area contributed by atoms with Crippen LogP contribution in [-0.4, -0.2) is 31.0 Å². The van der Waals surface area contributed by atoms with Crippen LogP contribution in [0, 0.1) is 6.92 Å². The zero-order valence-electron chi connectivity index (χ0n) is 16.5. The molecule has 0 saturated heterocycles. The maximum atomic E-state index is 12.7. The summed E-state index contributed by atoms with van der Waals surface area (Å²) in [7, 11) is 1.63. The monoisotopic (exact) mass is 369 g/mol. The number of nitrogens with zero attached hydrogens (tertiary/aromatic N) is 1. The van der Waals surface area contributed by atoms with Crippen molar-refractivity contribution in [3.05, 3.63) is 75.4 Å². The van der Waals surface area contributed by atoms with Gasteiger partial charge in [-0.05, 0) is 56.5 Å². The van der Waals surface area contributed by atoms with E-state index in [1.165, 1.54) is 0 Å². The first kappa shape index (κ1) is 20.5. The van der Waals surface area contributed by atoms with E-state index < -0.39 is 5.63 Å². The van der Waals surface area contributed by atoms with Gasteiger partial charge in [0.15, 0.2) is 0 Å². The predicted octanol–water partition coefficient (Wildman–Crippen LogP) is 3.78. The van der Waals surface area contributed by atoms with Crippen LogP contribution in [0.1, 0.15) is 41.1 Å². The quantitative estimate of drug-likeness (QED) is 0.665. The molecule has 0 aliphatic heterocycles. The van der Waals surface area contributed by atoms with Crippen LogP contribution in [0.5, 0.6) is 5.75 Å². The summed E-state index contributed by atoms with van der Waals surface area (Å²) in [5, 5.41) is 0. The first-order valence-electron chi connectivity index (χ1n) is 9.05. The highest BCUT2D eigenvalue weighted by atomic mass is 16.5. The molecule has 1 heterocycles. The Balaban J connectivity index is 2.16. The van der Waals surface area contributed by atoms with Crippen LogP contribution in [0.25, 0.3) is 0 Å². The van der Waals surface area contributed by atoms with Crippen LogP contribution in [0.4, 0.5) is 0 Å². The average Bonchev–Trinajstić information content (AvgIpc) is 2.64. The number of rotatable bonds is 8. The van der Waals surface area contributed by atoms with Gasteiger partial charge in [-0.3, -0.25) is 4.79 Å². The van der Waals surface area contributed by atoms with Gasteiger partial charge >= 0.3 is 5.63 Å². The molecule has 2 rings (SSSR count). The number of likely N-dealkylation sites (N-methyl/N-ethyl adjacent to an activating group) is 1. The summed E-state index contributed by atoms with van der Waals surface area (Å²) in [6, 6.07) is 9.56. The molecule has 1 amide bonds. The van der Waals surface area contributed by atoms with E-state index in [1.807, 2.05) is 38.1 Å². The van der Waals surface area contributed by atoms with Crippen LogP contribution >= 0.6 is 0 Å². The normalized spacial score (nSPS) is 10.5. The molecule has 1 aromatic carbocycles. The van der Waals surface area contributed by atoms with Crippen molar-refractivity contribution >= 4 is 5.91 Å². The Morgan fingerprint density at radius 2 is 1.89 bits per heavy atom. The number of benzene rings is 1. The summed E-state index contributed by atoms with van der Waals surface area (Å²) >= 11 is 0. The number of amides is 1. The summed E-state index contributed by atoms with van der Waals surface area (Å²) in [5.41, 5.74) is 2.15. The number of ether oxygens (including phenoxy) is 1. The fourth-order valence-electron chi connectivity index (χ4n) is 2.92. The van der Waals surface area contributed by atoms with Gasteiger partial charge in [0.05, 0.1) is 7.11 Å². The van der Waals surface area contributed by atoms with Gasteiger partial charge in [0, 0.05) is 19.5 Å².